The molecule has 2 heterocycles. The number of carbonyl (C=O) groups is 1. The molecule has 0 saturated carbocycles. The van der Waals surface area contributed by atoms with E-state index in [4.69, 9.17) is 9.26 Å². The first-order valence-electron chi connectivity index (χ1n) is 6.76. The molecule has 1 aliphatic heterocycles. The highest BCUT2D eigenvalue weighted by Crippen LogP contribution is 2.17. The van der Waals surface area contributed by atoms with Crippen molar-refractivity contribution in [1.29, 1.82) is 0 Å². The van der Waals surface area contributed by atoms with E-state index in [1.54, 1.807) is 11.0 Å². The summed E-state index contributed by atoms with van der Waals surface area (Å²) >= 11 is 0. The van der Waals surface area contributed by atoms with Crippen LogP contribution in [-0.4, -0.2) is 36.5 Å². The molecule has 0 unspecified atom stereocenters. The molecule has 1 N–H and O–H groups in total. The van der Waals surface area contributed by atoms with Crippen LogP contribution in [-0.2, 0) is 9.53 Å². The zero-order valence-corrected chi connectivity index (χ0v) is 12.8. The Labute approximate surface area is 118 Å². The summed E-state index contributed by atoms with van der Waals surface area (Å²) in [4.78, 5) is 13.5. The second kappa shape index (κ2) is 5.05. The van der Waals surface area contributed by atoms with E-state index in [0.717, 1.165) is 6.54 Å². The molecule has 1 aromatic heterocycles. The van der Waals surface area contributed by atoms with Gasteiger partial charge >= 0.3 is 5.88 Å². The molecule has 1 aliphatic rings. The summed E-state index contributed by atoms with van der Waals surface area (Å²) in [6, 6.07) is 0. The smallest absolute Gasteiger partial charge is 0.305 e. The Morgan fingerprint density at radius 2 is 2.20 bits per heavy atom. The van der Waals surface area contributed by atoms with Crippen LogP contribution in [0, 0.1) is 5.41 Å². The maximum absolute atomic E-state index is 11.9. The molecule has 20 heavy (non-hydrogen) atoms. The lowest BCUT2D eigenvalue weighted by atomic mass is 9.96. The van der Waals surface area contributed by atoms with E-state index in [0.29, 0.717) is 19.1 Å². The van der Waals surface area contributed by atoms with Gasteiger partial charge in [0.1, 0.15) is 12.1 Å². The van der Waals surface area contributed by atoms with Crippen LogP contribution in [0.1, 0.15) is 34.6 Å². The zero-order chi connectivity index (χ0) is 15.0. The van der Waals surface area contributed by atoms with Crippen LogP contribution >= 0.6 is 0 Å². The molecule has 1 amide bonds. The monoisotopic (exact) mass is 283 g/mol. The Kier molecular flexibility index (Phi) is 3.73. The number of nitrogens with zero attached hydrogens (tertiary/aromatic N) is 3. The summed E-state index contributed by atoms with van der Waals surface area (Å²) in [6.45, 7) is 11.7. The van der Waals surface area contributed by atoms with Gasteiger partial charge in [0.15, 0.2) is 0 Å². The molecule has 1 aromatic rings. The summed E-state index contributed by atoms with van der Waals surface area (Å²) in [5.74, 6) is 0.231. The highest BCUT2D eigenvalue weighted by molar-refractivity contribution is 5.93. The second-order valence-corrected chi connectivity index (χ2v) is 6.68. The van der Waals surface area contributed by atoms with E-state index < -0.39 is 5.41 Å². The number of hydrogen-bond acceptors (Lipinski definition) is 5. The van der Waals surface area contributed by atoms with Crippen LogP contribution in [0.5, 0.6) is 0 Å². The van der Waals surface area contributed by atoms with Gasteiger partial charge in [-0.15, -0.1) is 5.01 Å². The average molecular weight is 283 g/mol. The van der Waals surface area contributed by atoms with Gasteiger partial charge in [0.25, 0.3) is 6.20 Å². The van der Waals surface area contributed by atoms with Gasteiger partial charge in [-0.3, -0.25) is 14.6 Å². The standard InChI is InChI=1S/C13H22N4O3/c1-12(2,3)11(18)14-10-8-17(15-20-10)16-6-7-19-9-13(16,4)5/h8H,6-7,9H2,1-5H3/p+1. The van der Waals surface area contributed by atoms with Crippen molar-refractivity contribution in [1.82, 2.24) is 5.27 Å². The number of hydrogen-bond donors (Lipinski definition) is 1. The van der Waals surface area contributed by atoms with Crippen LogP contribution in [0.25, 0.3) is 0 Å². The number of aromatic nitrogens is 2. The third-order valence-corrected chi connectivity index (χ3v) is 3.22. The van der Waals surface area contributed by atoms with Crippen LogP contribution < -0.4 is 15.1 Å². The minimum Gasteiger partial charge on any atom is -0.377 e. The van der Waals surface area contributed by atoms with Crippen molar-refractivity contribution >= 4 is 11.8 Å². The maximum atomic E-state index is 11.9. The van der Waals surface area contributed by atoms with Crippen molar-refractivity contribution in [2.75, 3.05) is 30.1 Å². The summed E-state index contributed by atoms with van der Waals surface area (Å²) in [5, 5.41) is 8.74. The number of nitrogens with one attached hydrogen (secondary N) is 1. The van der Waals surface area contributed by atoms with Crippen LogP contribution in [0.4, 0.5) is 5.88 Å². The summed E-state index contributed by atoms with van der Waals surface area (Å²) in [5.41, 5.74) is -0.652. The van der Waals surface area contributed by atoms with Gasteiger partial charge in [0, 0.05) is 5.41 Å². The third-order valence-electron chi connectivity index (χ3n) is 3.22. The quantitative estimate of drug-likeness (QED) is 0.809. The third kappa shape index (κ3) is 3.09. The molecular formula is C13H23N4O3+. The molecule has 7 nitrogen and oxygen atoms in total. The highest BCUT2D eigenvalue weighted by atomic mass is 16.5. The van der Waals surface area contributed by atoms with E-state index in [1.807, 2.05) is 25.8 Å². The Balaban J connectivity index is 2.11. The van der Waals surface area contributed by atoms with Crippen LogP contribution in [0.2, 0.25) is 0 Å². The normalized spacial score (nSPS) is 18.9. The Morgan fingerprint density at radius 3 is 2.80 bits per heavy atom. The van der Waals surface area contributed by atoms with E-state index in [9.17, 15) is 4.79 Å². The highest BCUT2D eigenvalue weighted by Gasteiger charge is 2.39. The first-order valence-corrected chi connectivity index (χ1v) is 6.76. The fraction of sp³-hybridized carbons (Fsp3) is 0.769. The Bertz CT molecular complexity index is 490. The summed E-state index contributed by atoms with van der Waals surface area (Å²) < 4.78 is 10.6. The molecule has 1 fully saturated rings. The van der Waals surface area contributed by atoms with E-state index >= 15 is 0 Å². The van der Waals surface area contributed by atoms with Crippen molar-refractivity contribution in [2.45, 2.75) is 40.2 Å². The lowest BCUT2D eigenvalue weighted by molar-refractivity contribution is -0.767. The first-order chi connectivity index (χ1) is 9.20. The topological polar surface area (TPSA) is 71.5 Å². The fourth-order valence-electron chi connectivity index (χ4n) is 1.94. The molecule has 0 radical (unpaired) electrons. The molecule has 0 aliphatic carbocycles. The Hall–Kier alpha value is -1.63. The molecule has 1 saturated heterocycles. The lowest BCUT2D eigenvalue weighted by Crippen LogP contribution is -2.71. The number of anilines is 1. The van der Waals surface area contributed by atoms with Gasteiger partial charge < -0.3 is 4.74 Å². The van der Waals surface area contributed by atoms with Crippen molar-refractivity contribution in [2.24, 2.45) is 5.41 Å². The van der Waals surface area contributed by atoms with Crippen LogP contribution in [0.3, 0.4) is 0 Å². The zero-order valence-electron chi connectivity index (χ0n) is 12.8. The van der Waals surface area contributed by atoms with E-state index in [2.05, 4.69) is 24.4 Å². The van der Waals surface area contributed by atoms with Gasteiger partial charge in [-0.05, 0) is 13.8 Å². The fourth-order valence-corrected chi connectivity index (χ4v) is 1.94. The van der Waals surface area contributed by atoms with Gasteiger partial charge in [-0.1, -0.05) is 20.8 Å². The SMILES string of the molecule is CC(C)(C)C(=O)Nc1c[n+](N2CCOCC2(C)C)no1. The minimum absolute atomic E-state index is 0.109. The molecule has 0 spiro atoms. The molecule has 2 rings (SSSR count). The maximum Gasteiger partial charge on any atom is 0.305 e. The molecule has 0 bridgehead atoms. The molecule has 7 heteroatoms. The molecule has 112 valence electrons. The number of morpholine rings is 1. The van der Waals surface area contributed by atoms with Crippen molar-refractivity contribution in [3.63, 3.8) is 0 Å². The molecular weight excluding hydrogens is 260 g/mol. The van der Waals surface area contributed by atoms with Gasteiger partial charge in [-0.2, -0.15) is 0 Å². The van der Waals surface area contributed by atoms with E-state index in [1.165, 1.54) is 0 Å². The predicted molar refractivity (Wildman–Crippen MR) is 72.8 cm³/mol. The number of ether oxygens (including phenoxy) is 1. The number of rotatable bonds is 2. The van der Waals surface area contributed by atoms with Gasteiger partial charge in [-0.25, -0.2) is 0 Å². The average Bonchev–Trinajstić information content (AvgIpc) is 2.75. The summed E-state index contributed by atoms with van der Waals surface area (Å²) in [7, 11) is 0. The number of amides is 1. The minimum atomic E-state index is -0.476. The first kappa shape index (κ1) is 14.8. The second-order valence-electron chi connectivity index (χ2n) is 6.68. The van der Waals surface area contributed by atoms with Crippen molar-refractivity contribution in [3.05, 3.63) is 6.20 Å². The largest absolute Gasteiger partial charge is 0.377 e. The summed E-state index contributed by atoms with van der Waals surface area (Å²) in [6.07, 6.45) is 1.68. The van der Waals surface area contributed by atoms with Crippen molar-refractivity contribution < 1.29 is 18.8 Å². The molecule has 0 atom stereocenters. The van der Waals surface area contributed by atoms with Gasteiger partial charge in [0.2, 0.25) is 11.2 Å². The van der Waals surface area contributed by atoms with E-state index in [-0.39, 0.29) is 11.4 Å². The van der Waals surface area contributed by atoms with Crippen molar-refractivity contribution in [3.8, 4) is 0 Å². The predicted octanol–water partition coefficient (Wildman–Crippen LogP) is 0.694. The Morgan fingerprint density at radius 1 is 1.50 bits per heavy atom. The lowest BCUT2D eigenvalue weighted by Gasteiger charge is -2.35. The molecule has 0 aromatic carbocycles. The van der Waals surface area contributed by atoms with Crippen LogP contribution in [0.15, 0.2) is 10.7 Å². The number of carbonyl (C=O) groups excluding carboxylic acids is 1. The van der Waals surface area contributed by atoms with Gasteiger partial charge in [0.05, 0.1) is 18.0 Å².